The van der Waals surface area contributed by atoms with Crippen molar-refractivity contribution in [2.24, 2.45) is 5.92 Å². The maximum absolute atomic E-state index is 12.8. The third kappa shape index (κ3) is 4.00. The third-order valence-electron chi connectivity index (χ3n) is 6.37. The predicted octanol–water partition coefficient (Wildman–Crippen LogP) is 3.59. The van der Waals surface area contributed by atoms with E-state index >= 15 is 0 Å². The van der Waals surface area contributed by atoms with Crippen LogP contribution in [0.2, 0.25) is 0 Å². The first-order valence-electron chi connectivity index (χ1n) is 11.0. The molecule has 3 heterocycles. The molecule has 8 nitrogen and oxygen atoms in total. The van der Waals surface area contributed by atoms with Gasteiger partial charge in [-0.3, -0.25) is 4.79 Å². The number of methoxy groups -OCH3 is 1. The number of nitrogens with zero attached hydrogens (tertiary/aromatic N) is 4. The largest absolute Gasteiger partial charge is 0.497 e. The number of anilines is 3. The van der Waals surface area contributed by atoms with Crippen molar-refractivity contribution < 1.29 is 14.1 Å². The Morgan fingerprint density at radius 1 is 1.12 bits per heavy atom. The highest BCUT2D eigenvalue weighted by Crippen LogP contribution is 2.30. The topological polar surface area (TPSA) is 83.7 Å². The van der Waals surface area contributed by atoms with E-state index < -0.39 is 0 Å². The zero-order valence-corrected chi connectivity index (χ0v) is 18.4. The van der Waals surface area contributed by atoms with Crippen LogP contribution in [0.3, 0.4) is 0 Å². The average molecular weight is 434 g/mol. The second kappa shape index (κ2) is 8.53. The van der Waals surface area contributed by atoms with E-state index in [1.807, 2.05) is 30.3 Å². The van der Waals surface area contributed by atoms with Gasteiger partial charge in [-0.15, -0.1) is 0 Å². The number of likely N-dealkylation sites (N-methyl/N-ethyl adjacent to an activating group) is 1. The van der Waals surface area contributed by atoms with Gasteiger partial charge < -0.3 is 24.4 Å². The molecule has 32 heavy (non-hydrogen) atoms. The standard InChI is InChI=1S/C24H27N5O3/c1-28-12-9-18-15-19(5-8-21(18)28)25-23(30)17-10-13-29(14-11-17)24-26-22(27-32-24)16-3-6-20(31-2)7-4-16/h3-8,15,17H,9-14H2,1-2H3,(H,25,30). The Kier molecular flexibility index (Phi) is 5.43. The molecule has 0 bridgehead atoms. The van der Waals surface area contributed by atoms with Crippen LogP contribution < -0.4 is 19.9 Å². The van der Waals surface area contributed by atoms with E-state index in [0.29, 0.717) is 24.9 Å². The molecule has 0 aliphatic carbocycles. The second-order valence-electron chi connectivity index (χ2n) is 8.39. The van der Waals surface area contributed by atoms with Gasteiger partial charge in [0.15, 0.2) is 0 Å². The molecule has 1 N–H and O–H groups in total. The van der Waals surface area contributed by atoms with Crippen LogP contribution in [-0.2, 0) is 11.2 Å². The summed E-state index contributed by atoms with van der Waals surface area (Å²) in [6, 6.07) is 14.2. The number of ether oxygens (including phenoxy) is 1. The van der Waals surface area contributed by atoms with Crippen molar-refractivity contribution in [3.63, 3.8) is 0 Å². The molecule has 166 valence electrons. The van der Waals surface area contributed by atoms with Gasteiger partial charge in [0.2, 0.25) is 11.7 Å². The van der Waals surface area contributed by atoms with Crippen molar-refractivity contribution in [2.75, 3.05) is 48.9 Å². The molecule has 2 aromatic carbocycles. The molecule has 1 amide bonds. The quantitative estimate of drug-likeness (QED) is 0.658. The Hall–Kier alpha value is -3.55. The van der Waals surface area contributed by atoms with Gasteiger partial charge in [-0.25, -0.2) is 0 Å². The number of carbonyl (C=O) groups excluding carboxylic acids is 1. The lowest BCUT2D eigenvalue weighted by atomic mass is 9.96. The van der Waals surface area contributed by atoms with Gasteiger partial charge in [0, 0.05) is 49.5 Å². The van der Waals surface area contributed by atoms with Crippen LogP contribution in [0.4, 0.5) is 17.4 Å². The fourth-order valence-electron chi connectivity index (χ4n) is 4.42. The molecular formula is C24H27N5O3. The van der Waals surface area contributed by atoms with Gasteiger partial charge in [0.05, 0.1) is 7.11 Å². The number of carbonyl (C=O) groups is 1. The summed E-state index contributed by atoms with van der Waals surface area (Å²) in [6.07, 6.45) is 2.52. The van der Waals surface area contributed by atoms with E-state index in [2.05, 4.69) is 44.4 Å². The van der Waals surface area contributed by atoms with E-state index in [9.17, 15) is 4.79 Å². The van der Waals surface area contributed by atoms with Crippen LogP contribution >= 0.6 is 0 Å². The van der Waals surface area contributed by atoms with Crippen molar-refractivity contribution in [3.05, 3.63) is 48.0 Å². The summed E-state index contributed by atoms with van der Waals surface area (Å²) >= 11 is 0. The number of piperidine rings is 1. The van der Waals surface area contributed by atoms with E-state index in [4.69, 9.17) is 9.26 Å². The number of rotatable bonds is 5. The Morgan fingerprint density at radius 2 is 1.91 bits per heavy atom. The molecule has 2 aliphatic heterocycles. The average Bonchev–Trinajstić information content (AvgIpc) is 3.46. The summed E-state index contributed by atoms with van der Waals surface area (Å²) in [5.74, 6) is 1.39. The molecule has 2 aliphatic rings. The van der Waals surface area contributed by atoms with Crippen LogP contribution in [0.1, 0.15) is 18.4 Å². The molecule has 5 rings (SSSR count). The molecule has 0 saturated carbocycles. The SMILES string of the molecule is COc1ccc(-c2noc(N3CCC(C(=O)Nc4ccc5c(c4)CCN5C)CC3)n2)cc1. The Morgan fingerprint density at radius 3 is 2.66 bits per heavy atom. The van der Waals surface area contributed by atoms with E-state index in [1.165, 1.54) is 11.3 Å². The molecule has 1 aromatic heterocycles. The summed E-state index contributed by atoms with van der Waals surface area (Å²) in [5.41, 5.74) is 4.30. The highest BCUT2D eigenvalue weighted by atomic mass is 16.5. The lowest BCUT2D eigenvalue weighted by Gasteiger charge is -2.29. The zero-order chi connectivity index (χ0) is 22.1. The summed E-state index contributed by atoms with van der Waals surface area (Å²) in [6.45, 7) is 2.44. The first kappa shape index (κ1) is 20.4. The number of benzene rings is 2. The molecule has 0 radical (unpaired) electrons. The molecule has 0 unspecified atom stereocenters. The zero-order valence-electron chi connectivity index (χ0n) is 18.4. The minimum Gasteiger partial charge on any atom is -0.497 e. The highest BCUT2D eigenvalue weighted by Gasteiger charge is 2.28. The van der Waals surface area contributed by atoms with Gasteiger partial charge in [-0.2, -0.15) is 4.98 Å². The van der Waals surface area contributed by atoms with Gasteiger partial charge in [-0.05, 0) is 67.3 Å². The van der Waals surface area contributed by atoms with Crippen LogP contribution in [0.5, 0.6) is 5.75 Å². The lowest BCUT2D eigenvalue weighted by Crippen LogP contribution is -2.38. The van der Waals surface area contributed by atoms with Crippen molar-refractivity contribution in [1.29, 1.82) is 0 Å². The maximum Gasteiger partial charge on any atom is 0.324 e. The van der Waals surface area contributed by atoms with Crippen LogP contribution in [0.25, 0.3) is 11.4 Å². The normalized spacial score (nSPS) is 16.2. The van der Waals surface area contributed by atoms with Crippen LogP contribution in [0, 0.1) is 5.92 Å². The highest BCUT2D eigenvalue weighted by molar-refractivity contribution is 5.93. The summed E-state index contributed by atoms with van der Waals surface area (Å²) in [7, 11) is 3.73. The van der Waals surface area contributed by atoms with Gasteiger partial charge in [0.25, 0.3) is 0 Å². The minimum absolute atomic E-state index is 0.0221. The van der Waals surface area contributed by atoms with Crippen molar-refractivity contribution in [3.8, 4) is 17.1 Å². The lowest BCUT2D eigenvalue weighted by molar-refractivity contribution is -0.120. The first-order chi connectivity index (χ1) is 15.6. The number of nitrogens with one attached hydrogen (secondary N) is 1. The monoisotopic (exact) mass is 433 g/mol. The van der Waals surface area contributed by atoms with E-state index in [0.717, 1.165) is 42.8 Å². The Balaban J connectivity index is 1.17. The molecule has 1 saturated heterocycles. The van der Waals surface area contributed by atoms with Crippen molar-refractivity contribution >= 4 is 23.3 Å². The summed E-state index contributed by atoms with van der Waals surface area (Å²) in [4.78, 5) is 21.6. The third-order valence-corrected chi connectivity index (χ3v) is 6.37. The molecule has 8 heteroatoms. The Bertz CT molecular complexity index is 1100. The number of hydrogen-bond donors (Lipinski definition) is 1. The fraction of sp³-hybridized carbons (Fsp3) is 0.375. The maximum atomic E-state index is 12.8. The fourth-order valence-corrected chi connectivity index (χ4v) is 4.42. The smallest absolute Gasteiger partial charge is 0.324 e. The van der Waals surface area contributed by atoms with Crippen LogP contribution in [-0.4, -0.2) is 49.8 Å². The molecule has 0 spiro atoms. The van der Waals surface area contributed by atoms with Gasteiger partial charge in [0.1, 0.15) is 5.75 Å². The first-order valence-corrected chi connectivity index (χ1v) is 11.0. The molecule has 3 aromatic rings. The molecule has 1 fully saturated rings. The van der Waals surface area contributed by atoms with Crippen molar-refractivity contribution in [1.82, 2.24) is 10.1 Å². The van der Waals surface area contributed by atoms with Gasteiger partial charge in [-0.1, -0.05) is 5.16 Å². The van der Waals surface area contributed by atoms with E-state index in [-0.39, 0.29) is 11.8 Å². The number of amides is 1. The van der Waals surface area contributed by atoms with Crippen molar-refractivity contribution in [2.45, 2.75) is 19.3 Å². The summed E-state index contributed by atoms with van der Waals surface area (Å²) in [5, 5.41) is 7.22. The number of aromatic nitrogens is 2. The van der Waals surface area contributed by atoms with Crippen LogP contribution in [0.15, 0.2) is 47.0 Å². The minimum atomic E-state index is -0.0221. The molecular weight excluding hydrogens is 406 g/mol. The number of hydrogen-bond acceptors (Lipinski definition) is 7. The summed E-state index contributed by atoms with van der Waals surface area (Å²) < 4.78 is 10.7. The van der Waals surface area contributed by atoms with E-state index in [1.54, 1.807) is 7.11 Å². The van der Waals surface area contributed by atoms with Gasteiger partial charge >= 0.3 is 6.01 Å². The predicted molar refractivity (Wildman–Crippen MR) is 123 cm³/mol. The number of fused-ring (bicyclic) bond motifs is 1. The molecule has 0 atom stereocenters. The Labute approximate surface area is 187 Å². The second-order valence-corrected chi connectivity index (χ2v) is 8.39.